The van der Waals surface area contributed by atoms with E-state index in [0.717, 1.165) is 39.1 Å². The van der Waals surface area contributed by atoms with Gasteiger partial charge in [0.25, 0.3) is 0 Å². The van der Waals surface area contributed by atoms with E-state index in [0.29, 0.717) is 5.41 Å². The second kappa shape index (κ2) is 5.26. The molecule has 74 valence electrons. The summed E-state index contributed by atoms with van der Waals surface area (Å²) >= 11 is 0. The molecule has 0 aromatic heterocycles. The average Bonchev–Trinajstić information content (AvgIpc) is 2.08. The van der Waals surface area contributed by atoms with Gasteiger partial charge in [0, 0.05) is 18.4 Å². The third-order valence-electron chi connectivity index (χ3n) is 2.38. The van der Waals surface area contributed by atoms with Crippen LogP contribution in [0.15, 0.2) is 0 Å². The van der Waals surface area contributed by atoms with E-state index in [1.807, 2.05) is 0 Å². The van der Waals surface area contributed by atoms with Gasteiger partial charge in [0.15, 0.2) is 0 Å². The summed E-state index contributed by atoms with van der Waals surface area (Å²) in [6, 6.07) is 0. The van der Waals surface area contributed by atoms with Crippen LogP contribution in [0.4, 0.5) is 0 Å². The molecule has 1 rings (SSSR count). The maximum absolute atomic E-state index is 5.17. The molecule has 1 N–H and O–H groups in total. The number of ether oxygens (including phenoxy) is 1. The van der Waals surface area contributed by atoms with Gasteiger partial charge in [-0.1, -0.05) is 6.92 Å². The quantitative estimate of drug-likeness (QED) is 0.494. The molecule has 0 aromatic carbocycles. The van der Waals surface area contributed by atoms with Gasteiger partial charge < -0.3 is 10.1 Å². The fourth-order valence-electron chi connectivity index (χ4n) is 1.42. The van der Waals surface area contributed by atoms with Crippen LogP contribution in [0.1, 0.15) is 26.2 Å². The molecule has 0 bridgehead atoms. The number of terminal acetylenes is 1. The van der Waals surface area contributed by atoms with Crippen molar-refractivity contribution in [2.24, 2.45) is 5.41 Å². The second-order valence-corrected chi connectivity index (χ2v) is 4.14. The SMILES string of the molecule is C#CCCCCNCC1(C)COC1. The molecule has 2 nitrogen and oxygen atoms in total. The first-order valence-corrected chi connectivity index (χ1v) is 4.99. The van der Waals surface area contributed by atoms with Gasteiger partial charge in [-0.05, 0) is 19.4 Å². The van der Waals surface area contributed by atoms with Gasteiger partial charge in [0.2, 0.25) is 0 Å². The van der Waals surface area contributed by atoms with Crippen LogP contribution in [-0.4, -0.2) is 26.3 Å². The van der Waals surface area contributed by atoms with Gasteiger partial charge >= 0.3 is 0 Å². The second-order valence-electron chi connectivity index (χ2n) is 4.14. The summed E-state index contributed by atoms with van der Waals surface area (Å²) in [4.78, 5) is 0. The van der Waals surface area contributed by atoms with Crippen molar-refractivity contribution in [3.63, 3.8) is 0 Å². The van der Waals surface area contributed by atoms with Crippen LogP contribution in [-0.2, 0) is 4.74 Å². The van der Waals surface area contributed by atoms with Crippen molar-refractivity contribution in [3.8, 4) is 12.3 Å². The van der Waals surface area contributed by atoms with Crippen LogP contribution in [0.3, 0.4) is 0 Å². The lowest BCUT2D eigenvalue weighted by Gasteiger charge is -2.38. The van der Waals surface area contributed by atoms with Crippen molar-refractivity contribution in [2.75, 3.05) is 26.3 Å². The maximum Gasteiger partial charge on any atom is 0.0554 e. The minimum atomic E-state index is 0.395. The van der Waals surface area contributed by atoms with Gasteiger partial charge in [-0.25, -0.2) is 0 Å². The van der Waals surface area contributed by atoms with Crippen molar-refractivity contribution < 1.29 is 4.74 Å². The molecule has 1 heterocycles. The highest BCUT2D eigenvalue weighted by molar-refractivity contribution is 4.84. The molecule has 1 aliphatic rings. The van der Waals surface area contributed by atoms with Crippen LogP contribution in [0, 0.1) is 17.8 Å². The van der Waals surface area contributed by atoms with Gasteiger partial charge in [-0.15, -0.1) is 12.3 Å². The molecule has 0 radical (unpaired) electrons. The maximum atomic E-state index is 5.17. The molecular formula is C11H19NO. The zero-order chi connectivity index (χ0) is 9.57. The smallest absolute Gasteiger partial charge is 0.0554 e. The standard InChI is InChI=1S/C11H19NO/c1-3-4-5-6-7-12-8-11(2)9-13-10-11/h1,12H,4-10H2,2H3. The van der Waals surface area contributed by atoms with Crippen molar-refractivity contribution in [1.29, 1.82) is 0 Å². The average molecular weight is 181 g/mol. The normalized spacial score (nSPS) is 19.1. The van der Waals surface area contributed by atoms with Gasteiger partial charge in [0.1, 0.15) is 0 Å². The van der Waals surface area contributed by atoms with Crippen molar-refractivity contribution in [3.05, 3.63) is 0 Å². The van der Waals surface area contributed by atoms with Crippen LogP contribution < -0.4 is 5.32 Å². The predicted octanol–water partition coefficient (Wildman–Crippen LogP) is 1.42. The topological polar surface area (TPSA) is 21.3 Å². The lowest BCUT2D eigenvalue weighted by Crippen LogP contribution is -2.47. The zero-order valence-corrected chi connectivity index (χ0v) is 8.44. The first-order chi connectivity index (χ1) is 6.27. The third-order valence-corrected chi connectivity index (χ3v) is 2.38. The molecular weight excluding hydrogens is 162 g/mol. The number of hydrogen-bond acceptors (Lipinski definition) is 2. The van der Waals surface area contributed by atoms with E-state index in [4.69, 9.17) is 11.2 Å². The Morgan fingerprint density at radius 2 is 2.23 bits per heavy atom. The molecule has 1 aliphatic heterocycles. The van der Waals surface area contributed by atoms with Crippen molar-refractivity contribution >= 4 is 0 Å². The third kappa shape index (κ3) is 3.80. The monoisotopic (exact) mass is 181 g/mol. The highest BCUT2D eigenvalue weighted by Crippen LogP contribution is 2.24. The Bertz CT molecular complexity index is 179. The Balaban J connectivity index is 1.87. The van der Waals surface area contributed by atoms with Crippen LogP contribution >= 0.6 is 0 Å². The molecule has 1 saturated heterocycles. The van der Waals surface area contributed by atoms with E-state index in [1.54, 1.807) is 0 Å². The van der Waals surface area contributed by atoms with E-state index < -0.39 is 0 Å². The summed E-state index contributed by atoms with van der Waals surface area (Å²) < 4.78 is 5.17. The number of hydrogen-bond donors (Lipinski definition) is 1. The van der Waals surface area contributed by atoms with Crippen LogP contribution in [0.25, 0.3) is 0 Å². The molecule has 0 saturated carbocycles. The Morgan fingerprint density at radius 3 is 2.77 bits per heavy atom. The first-order valence-electron chi connectivity index (χ1n) is 4.99. The molecule has 0 unspecified atom stereocenters. The molecule has 0 aromatic rings. The Labute approximate surface area is 81.0 Å². The Kier molecular flexibility index (Phi) is 4.27. The summed E-state index contributed by atoms with van der Waals surface area (Å²) in [5.74, 6) is 2.65. The van der Waals surface area contributed by atoms with E-state index >= 15 is 0 Å². The largest absolute Gasteiger partial charge is 0.380 e. The van der Waals surface area contributed by atoms with Gasteiger partial charge in [-0.3, -0.25) is 0 Å². The fraction of sp³-hybridized carbons (Fsp3) is 0.818. The highest BCUT2D eigenvalue weighted by atomic mass is 16.5. The zero-order valence-electron chi connectivity index (χ0n) is 8.44. The fourth-order valence-corrected chi connectivity index (χ4v) is 1.42. The molecule has 0 aliphatic carbocycles. The van der Waals surface area contributed by atoms with E-state index in [1.165, 1.54) is 6.42 Å². The van der Waals surface area contributed by atoms with E-state index in [-0.39, 0.29) is 0 Å². The number of rotatable bonds is 6. The molecule has 0 amide bonds. The molecule has 0 atom stereocenters. The summed E-state index contributed by atoms with van der Waals surface area (Å²) in [6.07, 6.45) is 8.38. The lowest BCUT2D eigenvalue weighted by atomic mass is 9.89. The van der Waals surface area contributed by atoms with E-state index in [9.17, 15) is 0 Å². The Hall–Kier alpha value is -0.520. The van der Waals surface area contributed by atoms with Gasteiger partial charge in [0.05, 0.1) is 13.2 Å². The molecule has 2 heteroatoms. The molecule has 1 fully saturated rings. The number of nitrogens with one attached hydrogen (secondary N) is 1. The lowest BCUT2D eigenvalue weighted by molar-refractivity contribution is -0.0989. The number of unbranched alkanes of at least 4 members (excludes halogenated alkanes) is 2. The first kappa shape index (κ1) is 10.6. The van der Waals surface area contributed by atoms with Crippen LogP contribution in [0.2, 0.25) is 0 Å². The predicted molar refractivity (Wildman–Crippen MR) is 54.5 cm³/mol. The van der Waals surface area contributed by atoms with E-state index in [2.05, 4.69) is 18.2 Å². The summed E-state index contributed by atoms with van der Waals surface area (Å²) in [6.45, 7) is 6.22. The summed E-state index contributed by atoms with van der Waals surface area (Å²) in [5, 5.41) is 3.44. The van der Waals surface area contributed by atoms with Crippen molar-refractivity contribution in [2.45, 2.75) is 26.2 Å². The summed E-state index contributed by atoms with van der Waals surface area (Å²) in [5.41, 5.74) is 0.395. The van der Waals surface area contributed by atoms with Crippen LogP contribution in [0.5, 0.6) is 0 Å². The minimum Gasteiger partial charge on any atom is -0.380 e. The highest BCUT2D eigenvalue weighted by Gasteiger charge is 2.32. The van der Waals surface area contributed by atoms with Crippen molar-refractivity contribution in [1.82, 2.24) is 5.32 Å². The molecule has 13 heavy (non-hydrogen) atoms. The summed E-state index contributed by atoms with van der Waals surface area (Å²) in [7, 11) is 0. The minimum absolute atomic E-state index is 0.395. The Morgan fingerprint density at radius 1 is 1.46 bits per heavy atom. The van der Waals surface area contributed by atoms with Gasteiger partial charge in [-0.2, -0.15) is 0 Å². The molecule has 0 spiro atoms.